The second-order valence-electron chi connectivity index (χ2n) is 6.67. The van der Waals surface area contributed by atoms with Crippen molar-refractivity contribution in [3.8, 4) is 0 Å². The topological polar surface area (TPSA) is 58.2 Å². The van der Waals surface area contributed by atoms with E-state index in [2.05, 4.69) is 17.0 Å². The predicted octanol–water partition coefficient (Wildman–Crippen LogP) is 3.37. The second-order valence-corrected chi connectivity index (χ2v) is 8.39. The Bertz CT molecular complexity index is 558. The molecule has 1 saturated carbocycles. The summed E-state index contributed by atoms with van der Waals surface area (Å²) in [5.41, 5.74) is 1.36. The second kappa shape index (κ2) is 6.36. The molecule has 118 valence electrons. The van der Waals surface area contributed by atoms with Gasteiger partial charge in [-0.2, -0.15) is 0 Å². The fraction of sp³-hybridized carbons (Fsp3) is 0.625. The Kier molecular flexibility index (Phi) is 4.94. The summed E-state index contributed by atoms with van der Waals surface area (Å²) in [5, 5.41) is 3.43. The molecule has 0 atom stereocenters. The molecule has 2 N–H and O–H groups in total. The van der Waals surface area contributed by atoms with Crippen LogP contribution in [0.25, 0.3) is 0 Å². The molecule has 1 aromatic carbocycles. The third-order valence-corrected chi connectivity index (χ3v) is 5.76. The van der Waals surface area contributed by atoms with Gasteiger partial charge in [-0.25, -0.2) is 13.1 Å². The molecule has 0 spiro atoms. The van der Waals surface area contributed by atoms with Crippen molar-refractivity contribution in [2.45, 2.75) is 57.4 Å². The van der Waals surface area contributed by atoms with Crippen LogP contribution in [-0.2, 0) is 10.0 Å². The van der Waals surface area contributed by atoms with Gasteiger partial charge in [0.05, 0.1) is 4.90 Å². The van der Waals surface area contributed by atoms with E-state index in [4.69, 9.17) is 0 Å². The predicted molar refractivity (Wildman–Crippen MR) is 87.0 cm³/mol. The summed E-state index contributed by atoms with van der Waals surface area (Å²) < 4.78 is 26.7. The fourth-order valence-corrected chi connectivity index (χ4v) is 4.10. The molecule has 0 amide bonds. The lowest BCUT2D eigenvalue weighted by Crippen LogP contribution is -2.30. The smallest absolute Gasteiger partial charge is 0.240 e. The zero-order valence-electron chi connectivity index (χ0n) is 13.1. The van der Waals surface area contributed by atoms with E-state index in [1.807, 2.05) is 26.0 Å². The van der Waals surface area contributed by atoms with Crippen molar-refractivity contribution in [1.29, 1.82) is 0 Å². The molecule has 0 radical (unpaired) electrons. The Labute approximate surface area is 128 Å². The molecule has 1 aromatic rings. The van der Waals surface area contributed by atoms with Crippen LogP contribution >= 0.6 is 0 Å². The Balaban J connectivity index is 1.99. The molecular weight excluding hydrogens is 284 g/mol. The average Bonchev–Trinajstić information content (AvgIpc) is 2.83. The number of rotatable bonds is 6. The van der Waals surface area contributed by atoms with Gasteiger partial charge in [0.2, 0.25) is 10.0 Å². The Morgan fingerprint density at radius 2 is 1.71 bits per heavy atom. The van der Waals surface area contributed by atoms with Gasteiger partial charge in [0.1, 0.15) is 0 Å². The molecule has 5 heteroatoms. The van der Waals surface area contributed by atoms with E-state index >= 15 is 0 Å². The molecule has 0 aromatic heterocycles. The summed E-state index contributed by atoms with van der Waals surface area (Å²) >= 11 is 0. The van der Waals surface area contributed by atoms with Crippen LogP contribution in [0.3, 0.4) is 0 Å². The molecule has 0 unspecified atom stereocenters. The van der Waals surface area contributed by atoms with Crippen LogP contribution in [0.2, 0.25) is 0 Å². The van der Waals surface area contributed by atoms with Crippen LogP contribution in [0.15, 0.2) is 29.2 Å². The number of hydrogen-bond donors (Lipinski definition) is 2. The molecular formula is C16H26N2O2S. The summed E-state index contributed by atoms with van der Waals surface area (Å²) in [4.78, 5) is 0.314. The molecule has 0 bridgehead atoms. The van der Waals surface area contributed by atoms with Crippen molar-refractivity contribution in [3.05, 3.63) is 24.3 Å². The van der Waals surface area contributed by atoms with E-state index in [1.165, 1.54) is 25.7 Å². The minimum Gasteiger partial charge on any atom is -0.384 e. The number of anilines is 1. The summed E-state index contributed by atoms with van der Waals surface area (Å²) in [5.74, 6) is 0. The van der Waals surface area contributed by atoms with Crippen molar-refractivity contribution >= 4 is 15.7 Å². The highest BCUT2D eigenvalue weighted by Crippen LogP contribution is 2.37. The first-order valence-corrected chi connectivity index (χ1v) is 9.15. The highest BCUT2D eigenvalue weighted by atomic mass is 32.2. The van der Waals surface area contributed by atoms with Crippen molar-refractivity contribution in [1.82, 2.24) is 4.72 Å². The standard InChI is InChI=1S/C16H26N2O2S/c1-13(2)18-21(19,20)15-8-6-14(7-9-15)17-12-16(3)10-4-5-11-16/h6-9,13,17-18H,4-5,10-12H2,1-3H3. The van der Waals surface area contributed by atoms with E-state index in [0.29, 0.717) is 10.3 Å². The van der Waals surface area contributed by atoms with Crippen molar-refractivity contribution in [2.75, 3.05) is 11.9 Å². The fourth-order valence-electron chi connectivity index (χ4n) is 2.85. The largest absolute Gasteiger partial charge is 0.384 e. The first-order valence-electron chi connectivity index (χ1n) is 7.67. The van der Waals surface area contributed by atoms with E-state index in [1.54, 1.807) is 12.1 Å². The first-order chi connectivity index (χ1) is 9.81. The molecule has 1 aliphatic carbocycles. The molecule has 0 heterocycles. The number of nitrogens with one attached hydrogen (secondary N) is 2. The van der Waals surface area contributed by atoms with Crippen LogP contribution in [0.4, 0.5) is 5.69 Å². The van der Waals surface area contributed by atoms with Gasteiger partial charge >= 0.3 is 0 Å². The molecule has 1 fully saturated rings. The molecule has 0 saturated heterocycles. The van der Waals surface area contributed by atoms with Crippen LogP contribution < -0.4 is 10.0 Å². The van der Waals surface area contributed by atoms with E-state index in [-0.39, 0.29) is 6.04 Å². The maximum atomic E-state index is 12.0. The molecule has 2 rings (SSSR count). The lowest BCUT2D eigenvalue weighted by molar-refractivity contribution is 0.362. The van der Waals surface area contributed by atoms with Gasteiger partial charge in [-0.3, -0.25) is 0 Å². The summed E-state index contributed by atoms with van der Waals surface area (Å²) in [6.07, 6.45) is 5.17. The summed E-state index contributed by atoms with van der Waals surface area (Å²) in [6, 6.07) is 6.89. The molecule has 1 aliphatic rings. The van der Waals surface area contributed by atoms with Crippen LogP contribution in [0, 0.1) is 5.41 Å². The number of benzene rings is 1. The van der Waals surface area contributed by atoms with Gasteiger partial charge in [-0.1, -0.05) is 19.8 Å². The van der Waals surface area contributed by atoms with E-state index in [0.717, 1.165) is 12.2 Å². The summed E-state index contributed by atoms with van der Waals surface area (Å²) in [6.45, 7) is 6.90. The monoisotopic (exact) mass is 310 g/mol. The lowest BCUT2D eigenvalue weighted by Gasteiger charge is -2.24. The maximum absolute atomic E-state index is 12.0. The van der Waals surface area contributed by atoms with Gasteiger partial charge in [0, 0.05) is 18.3 Å². The minimum atomic E-state index is -3.40. The van der Waals surface area contributed by atoms with E-state index < -0.39 is 10.0 Å². The van der Waals surface area contributed by atoms with Crippen LogP contribution in [0.1, 0.15) is 46.5 Å². The average molecular weight is 310 g/mol. The van der Waals surface area contributed by atoms with Crippen LogP contribution in [0.5, 0.6) is 0 Å². The SMILES string of the molecule is CC(C)NS(=O)(=O)c1ccc(NCC2(C)CCCC2)cc1. The third-order valence-electron chi connectivity index (χ3n) is 4.09. The Morgan fingerprint density at radius 1 is 1.14 bits per heavy atom. The molecule has 0 aliphatic heterocycles. The quantitative estimate of drug-likeness (QED) is 0.847. The van der Waals surface area contributed by atoms with Crippen molar-refractivity contribution in [3.63, 3.8) is 0 Å². The number of sulfonamides is 1. The van der Waals surface area contributed by atoms with Gasteiger partial charge in [0.25, 0.3) is 0 Å². The molecule has 21 heavy (non-hydrogen) atoms. The molecule has 4 nitrogen and oxygen atoms in total. The van der Waals surface area contributed by atoms with E-state index in [9.17, 15) is 8.42 Å². The Hall–Kier alpha value is -1.07. The van der Waals surface area contributed by atoms with Crippen LogP contribution in [-0.4, -0.2) is 21.0 Å². The first kappa shape index (κ1) is 16.3. The van der Waals surface area contributed by atoms with Crippen molar-refractivity contribution < 1.29 is 8.42 Å². The normalized spacial score (nSPS) is 18.1. The summed E-state index contributed by atoms with van der Waals surface area (Å²) in [7, 11) is -3.40. The number of hydrogen-bond acceptors (Lipinski definition) is 3. The van der Waals surface area contributed by atoms with Gasteiger partial charge in [-0.05, 0) is 56.4 Å². The highest BCUT2D eigenvalue weighted by Gasteiger charge is 2.28. The maximum Gasteiger partial charge on any atom is 0.240 e. The van der Waals surface area contributed by atoms with Crippen molar-refractivity contribution in [2.24, 2.45) is 5.41 Å². The lowest BCUT2D eigenvalue weighted by atomic mass is 9.89. The zero-order chi connectivity index (χ0) is 15.5. The minimum absolute atomic E-state index is 0.102. The van der Waals surface area contributed by atoms with Gasteiger partial charge < -0.3 is 5.32 Å². The van der Waals surface area contributed by atoms with Gasteiger partial charge in [0.15, 0.2) is 0 Å². The van der Waals surface area contributed by atoms with Gasteiger partial charge in [-0.15, -0.1) is 0 Å². The third kappa shape index (κ3) is 4.45. The zero-order valence-corrected chi connectivity index (χ0v) is 14.0. The highest BCUT2D eigenvalue weighted by molar-refractivity contribution is 7.89. The Morgan fingerprint density at radius 3 is 2.24 bits per heavy atom.